The number of nitrogens with one attached hydrogen (secondary N) is 3. The molecule has 0 bridgehead atoms. The Bertz CT molecular complexity index is 399. The van der Waals surface area contributed by atoms with Crippen LogP contribution in [0.15, 0.2) is 12.4 Å². The molecular weight excluding hydrogens is 238 g/mol. The van der Waals surface area contributed by atoms with Gasteiger partial charge in [0, 0.05) is 18.7 Å². The fourth-order valence-corrected chi connectivity index (χ4v) is 2.64. The monoisotopic (exact) mass is 261 g/mol. The van der Waals surface area contributed by atoms with E-state index in [9.17, 15) is 0 Å². The Labute approximate surface area is 114 Å². The van der Waals surface area contributed by atoms with Gasteiger partial charge in [-0.2, -0.15) is 0 Å². The lowest BCUT2D eigenvalue weighted by Gasteiger charge is -2.27. The molecule has 0 radical (unpaired) electrons. The molecular formula is C14H23N5. The summed E-state index contributed by atoms with van der Waals surface area (Å²) in [6, 6.07) is 2.64. The van der Waals surface area contributed by atoms with E-state index in [4.69, 9.17) is 0 Å². The highest BCUT2D eigenvalue weighted by atomic mass is 15.1. The van der Waals surface area contributed by atoms with Crippen molar-refractivity contribution in [3.63, 3.8) is 0 Å². The highest BCUT2D eigenvalue weighted by molar-refractivity contribution is 5.47. The van der Waals surface area contributed by atoms with E-state index in [0.717, 1.165) is 24.7 Å². The second-order valence-electron chi connectivity index (χ2n) is 5.65. The summed E-state index contributed by atoms with van der Waals surface area (Å²) < 4.78 is 0. The molecule has 1 aromatic rings. The Balaban J connectivity index is 1.50. The van der Waals surface area contributed by atoms with E-state index in [1.54, 1.807) is 6.33 Å². The Morgan fingerprint density at radius 3 is 2.79 bits per heavy atom. The van der Waals surface area contributed by atoms with Crippen LogP contribution in [0.4, 0.5) is 11.6 Å². The lowest BCUT2D eigenvalue weighted by Crippen LogP contribution is -2.33. The Morgan fingerprint density at radius 1 is 1.16 bits per heavy atom. The van der Waals surface area contributed by atoms with Crippen LogP contribution >= 0.6 is 0 Å². The van der Waals surface area contributed by atoms with Crippen molar-refractivity contribution in [2.24, 2.45) is 5.92 Å². The first-order valence-corrected chi connectivity index (χ1v) is 7.43. The van der Waals surface area contributed by atoms with Gasteiger partial charge >= 0.3 is 0 Å². The van der Waals surface area contributed by atoms with Gasteiger partial charge in [-0.3, -0.25) is 0 Å². The van der Waals surface area contributed by atoms with Crippen molar-refractivity contribution in [2.45, 2.75) is 38.1 Å². The first-order valence-electron chi connectivity index (χ1n) is 7.43. The summed E-state index contributed by atoms with van der Waals surface area (Å²) in [6.45, 7) is 3.28. The molecule has 1 aliphatic carbocycles. The highest BCUT2D eigenvalue weighted by Crippen LogP contribution is 2.22. The Hall–Kier alpha value is -1.36. The van der Waals surface area contributed by atoms with Crippen LogP contribution in [0, 0.1) is 5.92 Å². The topological polar surface area (TPSA) is 61.9 Å². The van der Waals surface area contributed by atoms with Crippen molar-refractivity contribution in [2.75, 3.05) is 30.3 Å². The maximum Gasteiger partial charge on any atom is 0.131 e. The van der Waals surface area contributed by atoms with Gasteiger partial charge in [-0.15, -0.1) is 0 Å². The summed E-state index contributed by atoms with van der Waals surface area (Å²) in [5.74, 6) is 2.60. The molecule has 5 heteroatoms. The predicted molar refractivity (Wildman–Crippen MR) is 77.4 cm³/mol. The van der Waals surface area contributed by atoms with Gasteiger partial charge in [0.05, 0.1) is 0 Å². The Morgan fingerprint density at radius 2 is 2.05 bits per heavy atom. The van der Waals surface area contributed by atoms with Gasteiger partial charge in [0.25, 0.3) is 0 Å². The molecule has 0 amide bonds. The summed E-state index contributed by atoms with van der Waals surface area (Å²) in [6.07, 6.45) is 8.09. The van der Waals surface area contributed by atoms with E-state index in [-0.39, 0.29) is 0 Å². The van der Waals surface area contributed by atoms with E-state index < -0.39 is 0 Å². The zero-order chi connectivity index (χ0) is 12.9. The third-order valence-corrected chi connectivity index (χ3v) is 4.10. The van der Waals surface area contributed by atoms with E-state index >= 15 is 0 Å². The number of rotatable bonds is 5. The highest BCUT2D eigenvalue weighted by Gasteiger charge is 2.17. The van der Waals surface area contributed by atoms with Crippen LogP contribution in [-0.2, 0) is 0 Å². The minimum Gasteiger partial charge on any atom is -0.370 e. The van der Waals surface area contributed by atoms with Gasteiger partial charge < -0.3 is 16.0 Å². The molecule has 0 spiro atoms. The number of hydrogen-bond donors (Lipinski definition) is 3. The molecule has 1 unspecified atom stereocenters. The molecule has 104 valence electrons. The molecule has 2 aliphatic rings. The minimum absolute atomic E-state index is 0.616. The van der Waals surface area contributed by atoms with Crippen molar-refractivity contribution in [1.29, 1.82) is 0 Å². The van der Waals surface area contributed by atoms with Crippen molar-refractivity contribution >= 4 is 11.6 Å². The smallest absolute Gasteiger partial charge is 0.131 e. The molecule has 1 saturated heterocycles. The maximum absolute atomic E-state index is 4.29. The summed E-state index contributed by atoms with van der Waals surface area (Å²) in [7, 11) is 0. The Kier molecular flexibility index (Phi) is 4.13. The van der Waals surface area contributed by atoms with Crippen LogP contribution in [0.5, 0.6) is 0 Å². The van der Waals surface area contributed by atoms with Gasteiger partial charge in [0.1, 0.15) is 18.0 Å². The summed E-state index contributed by atoms with van der Waals surface area (Å²) in [4.78, 5) is 8.57. The van der Waals surface area contributed by atoms with Crippen LogP contribution < -0.4 is 16.0 Å². The first-order chi connectivity index (χ1) is 9.40. The van der Waals surface area contributed by atoms with Gasteiger partial charge in [0.2, 0.25) is 0 Å². The molecule has 1 saturated carbocycles. The maximum atomic E-state index is 4.29. The van der Waals surface area contributed by atoms with Gasteiger partial charge in [-0.1, -0.05) is 0 Å². The van der Waals surface area contributed by atoms with E-state index in [0.29, 0.717) is 12.0 Å². The molecule has 5 nitrogen and oxygen atoms in total. The van der Waals surface area contributed by atoms with Gasteiger partial charge in [-0.25, -0.2) is 9.97 Å². The number of hydrogen-bond acceptors (Lipinski definition) is 5. The minimum atomic E-state index is 0.616. The lowest BCUT2D eigenvalue weighted by molar-refractivity contribution is 0.392. The summed E-state index contributed by atoms with van der Waals surface area (Å²) >= 11 is 0. The molecule has 19 heavy (non-hydrogen) atoms. The summed E-state index contributed by atoms with van der Waals surface area (Å²) in [5, 5.41) is 10.3. The molecule has 1 aliphatic heterocycles. The van der Waals surface area contributed by atoms with E-state index in [1.165, 1.54) is 38.6 Å². The normalized spacial score (nSPS) is 23.7. The molecule has 1 aromatic heterocycles. The zero-order valence-electron chi connectivity index (χ0n) is 11.4. The van der Waals surface area contributed by atoms with Gasteiger partial charge in [0.15, 0.2) is 0 Å². The number of aromatic nitrogens is 2. The first kappa shape index (κ1) is 12.7. The second-order valence-corrected chi connectivity index (χ2v) is 5.65. The average Bonchev–Trinajstić information content (AvgIpc) is 2.42. The number of piperidine rings is 1. The van der Waals surface area contributed by atoms with Crippen LogP contribution in [0.25, 0.3) is 0 Å². The van der Waals surface area contributed by atoms with Crippen molar-refractivity contribution in [1.82, 2.24) is 15.3 Å². The third-order valence-electron chi connectivity index (χ3n) is 4.10. The number of anilines is 2. The van der Waals surface area contributed by atoms with Crippen LogP contribution in [-0.4, -0.2) is 35.6 Å². The van der Waals surface area contributed by atoms with Crippen molar-refractivity contribution in [3.8, 4) is 0 Å². The number of nitrogens with zero attached hydrogens (tertiary/aromatic N) is 2. The molecule has 2 fully saturated rings. The van der Waals surface area contributed by atoms with Gasteiger partial charge in [-0.05, 0) is 51.1 Å². The largest absolute Gasteiger partial charge is 0.370 e. The van der Waals surface area contributed by atoms with Crippen molar-refractivity contribution < 1.29 is 0 Å². The van der Waals surface area contributed by atoms with E-state index in [1.807, 2.05) is 6.07 Å². The molecule has 2 heterocycles. The van der Waals surface area contributed by atoms with Crippen LogP contribution in [0.3, 0.4) is 0 Å². The zero-order valence-corrected chi connectivity index (χ0v) is 11.4. The lowest BCUT2D eigenvalue weighted by atomic mass is 9.93. The third kappa shape index (κ3) is 3.56. The SMILES string of the molecule is c1nc(NCC2CCCNC2)cc(NC2CCC2)n1. The van der Waals surface area contributed by atoms with Crippen LogP contribution in [0.2, 0.25) is 0 Å². The van der Waals surface area contributed by atoms with E-state index in [2.05, 4.69) is 25.9 Å². The predicted octanol–water partition coefficient (Wildman–Crippen LogP) is 1.85. The molecule has 3 N–H and O–H groups in total. The molecule has 0 aromatic carbocycles. The fraction of sp³-hybridized carbons (Fsp3) is 0.714. The average molecular weight is 261 g/mol. The quantitative estimate of drug-likeness (QED) is 0.755. The standard InChI is InChI=1S/C14H23N5/c1-4-12(5-1)19-14-7-13(17-10-18-14)16-9-11-3-2-6-15-8-11/h7,10-12,15H,1-6,8-9H2,(H2,16,17,18,19). The fourth-order valence-electron chi connectivity index (χ4n) is 2.64. The molecule has 1 atom stereocenters. The van der Waals surface area contributed by atoms with Crippen molar-refractivity contribution in [3.05, 3.63) is 12.4 Å². The van der Waals surface area contributed by atoms with Crippen LogP contribution in [0.1, 0.15) is 32.1 Å². The second kappa shape index (κ2) is 6.19. The summed E-state index contributed by atoms with van der Waals surface area (Å²) in [5.41, 5.74) is 0. The molecule has 3 rings (SSSR count).